The van der Waals surface area contributed by atoms with Crippen LogP contribution in [-0.4, -0.2) is 17.8 Å². The van der Waals surface area contributed by atoms with Gasteiger partial charge in [-0.2, -0.15) is 0 Å². The van der Waals surface area contributed by atoms with Crippen LogP contribution in [0, 0.1) is 6.92 Å². The van der Waals surface area contributed by atoms with Crippen LogP contribution in [0.4, 0.5) is 11.4 Å². The molecule has 0 aliphatic heterocycles. The van der Waals surface area contributed by atoms with Crippen LogP contribution in [0.2, 0.25) is 0 Å². The third-order valence-electron chi connectivity index (χ3n) is 3.02. The van der Waals surface area contributed by atoms with Gasteiger partial charge in [0, 0.05) is 11.4 Å². The average Bonchev–Trinajstić information content (AvgIpc) is 2.38. The van der Waals surface area contributed by atoms with Crippen LogP contribution in [-0.2, 0) is 6.42 Å². The van der Waals surface area contributed by atoms with Crippen molar-refractivity contribution < 1.29 is 5.11 Å². The predicted molar refractivity (Wildman–Crippen MR) is 80.2 cm³/mol. The summed E-state index contributed by atoms with van der Waals surface area (Å²) in [6.45, 7) is 2.09. The maximum Gasteiger partial charge on any atom is 0.0636 e. The first-order valence-electron chi connectivity index (χ1n) is 6.46. The number of nitrogens with two attached hydrogens (primary N) is 1. The van der Waals surface area contributed by atoms with Gasteiger partial charge in [0.25, 0.3) is 0 Å². The first-order chi connectivity index (χ1) is 9.17. The summed E-state index contributed by atoms with van der Waals surface area (Å²) in [5.41, 5.74) is 9.83. The number of hydrogen-bond donors (Lipinski definition) is 3. The van der Waals surface area contributed by atoms with Gasteiger partial charge >= 0.3 is 0 Å². The molecule has 19 heavy (non-hydrogen) atoms. The van der Waals surface area contributed by atoms with E-state index in [0.717, 1.165) is 23.4 Å². The van der Waals surface area contributed by atoms with E-state index in [9.17, 15) is 5.11 Å². The topological polar surface area (TPSA) is 58.3 Å². The van der Waals surface area contributed by atoms with Gasteiger partial charge in [-0.25, -0.2) is 0 Å². The van der Waals surface area contributed by atoms with Gasteiger partial charge in [0.15, 0.2) is 0 Å². The summed E-state index contributed by atoms with van der Waals surface area (Å²) in [6.07, 6.45) is 0.783. The Morgan fingerprint density at radius 2 is 1.89 bits per heavy atom. The second kappa shape index (κ2) is 6.25. The lowest BCUT2D eigenvalue weighted by Crippen LogP contribution is -2.26. The molecule has 0 saturated heterocycles. The van der Waals surface area contributed by atoms with Crippen molar-refractivity contribution in [2.75, 3.05) is 17.7 Å². The number of anilines is 2. The second-order valence-electron chi connectivity index (χ2n) is 4.85. The number of benzene rings is 2. The second-order valence-corrected chi connectivity index (χ2v) is 4.85. The molecule has 0 bridgehead atoms. The molecule has 0 radical (unpaired) electrons. The van der Waals surface area contributed by atoms with Crippen molar-refractivity contribution in [1.82, 2.24) is 0 Å². The lowest BCUT2D eigenvalue weighted by molar-refractivity contribution is 0.273. The standard InChI is InChI=1S/C16H20N2O/c1-12-7-14(17)10-15(8-12)18-16(11-19)9-13-5-3-2-4-6-13/h2-8,10,16,18-19H,9,11,17H2,1H3. The van der Waals surface area contributed by atoms with Gasteiger partial charge in [-0.05, 0) is 42.7 Å². The van der Waals surface area contributed by atoms with E-state index >= 15 is 0 Å². The number of hydrogen-bond acceptors (Lipinski definition) is 3. The lowest BCUT2D eigenvalue weighted by Gasteiger charge is -2.18. The molecule has 0 heterocycles. The molecule has 3 nitrogen and oxygen atoms in total. The zero-order valence-corrected chi connectivity index (χ0v) is 11.1. The fourth-order valence-electron chi connectivity index (χ4n) is 2.19. The minimum Gasteiger partial charge on any atom is -0.399 e. The van der Waals surface area contributed by atoms with Crippen LogP contribution < -0.4 is 11.1 Å². The van der Waals surface area contributed by atoms with Crippen molar-refractivity contribution in [3.8, 4) is 0 Å². The fraction of sp³-hybridized carbons (Fsp3) is 0.250. The van der Waals surface area contributed by atoms with Crippen molar-refractivity contribution in [1.29, 1.82) is 0 Å². The highest BCUT2D eigenvalue weighted by Gasteiger charge is 2.08. The number of aliphatic hydroxyl groups is 1. The molecule has 1 atom stereocenters. The van der Waals surface area contributed by atoms with Crippen LogP contribution in [0.1, 0.15) is 11.1 Å². The summed E-state index contributed by atoms with van der Waals surface area (Å²) >= 11 is 0. The molecular weight excluding hydrogens is 236 g/mol. The Kier molecular flexibility index (Phi) is 4.42. The summed E-state index contributed by atoms with van der Waals surface area (Å²) in [4.78, 5) is 0. The summed E-state index contributed by atoms with van der Waals surface area (Å²) < 4.78 is 0. The van der Waals surface area contributed by atoms with E-state index in [1.165, 1.54) is 5.56 Å². The maximum absolute atomic E-state index is 9.49. The quantitative estimate of drug-likeness (QED) is 0.721. The lowest BCUT2D eigenvalue weighted by atomic mass is 10.1. The molecule has 0 aromatic heterocycles. The predicted octanol–water partition coefficient (Wildman–Crippen LogP) is 2.59. The smallest absolute Gasteiger partial charge is 0.0636 e. The molecule has 0 fully saturated rings. The third-order valence-corrected chi connectivity index (χ3v) is 3.02. The third kappa shape index (κ3) is 4.00. The fourth-order valence-corrected chi connectivity index (χ4v) is 2.19. The van der Waals surface area contributed by atoms with Crippen molar-refractivity contribution in [2.45, 2.75) is 19.4 Å². The van der Waals surface area contributed by atoms with E-state index in [1.54, 1.807) is 0 Å². The van der Waals surface area contributed by atoms with Crippen LogP contribution in [0.25, 0.3) is 0 Å². The molecule has 2 aromatic carbocycles. The largest absolute Gasteiger partial charge is 0.399 e. The monoisotopic (exact) mass is 256 g/mol. The Morgan fingerprint density at radius 3 is 2.53 bits per heavy atom. The van der Waals surface area contributed by atoms with Crippen LogP contribution in [0.15, 0.2) is 48.5 Å². The molecule has 0 spiro atoms. The highest BCUT2D eigenvalue weighted by atomic mass is 16.3. The number of rotatable bonds is 5. The van der Waals surface area contributed by atoms with E-state index in [1.807, 2.05) is 43.3 Å². The first kappa shape index (κ1) is 13.4. The minimum absolute atomic E-state index is 0.0106. The summed E-state index contributed by atoms with van der Waals surface area (Å²) in [6, 6.07) is 16.0. The number of aryl methyl sites for hydroxylation is 1. The number of nitrogen functional groups attached to an aromatic ring is 1. The zero-order valence-electron chi connectivity index (χ0n) is 11.1. The molecule has 0 aliphatic rings. The molecular formula is C16H20N2O. The summed E-state index contributed by atoms with van der Waals surface area (Å²) in [5, 5.41) is 12.8. The average molecular weight is 256 g/mol. The van der Waals surface area contributed by atoms with E-state index in [4.69, 9.17) is 5.73 Å². The zero-order chi connectivity index (χ0) is 13.7. The molecule has 2 aromatic rings. The molecule has 100 valence electrons. The summed E-state index contributed by atoms with van der Waals surface area (Å²) in [7, 11) is 0. The Hall–Kier alpha value is -2.00. The molecule has 3 heteroatoms. The van der Waals surface area contributed by atoms with Crippen LogP contribution in [0.5, 0.6) is 0 Å². The molecule has 0 amide bonds. The molecule has 2 rings (SSSR count). The van der Waals surface area contributed by atoms with E-state index in [0.29, 0.717) is 0 Å². The van der Waals surface area contributed by atoms with Crippen molar-refractivity contribution in [3.63, 3.8) is 0 Å². The van der Waals surface area contributed by atoms with E-state index < -0.39 is 0 Å². The normalized spacial score (nSPS) is 12.1. The highest BCUT2D eigenvalue weighted by Crippen LogP contribution is 2.17. The molecule has 0 saturated carbocycles. The summed E-state index contributed by atoms with van der Waals surface area (Å²) in [5.74, 6) is 0. The molecule has 0 aliphatic carbocycles. The van der Waals surface area contributed by atoms with E-state index in [-0.39, 0.29) is 12.6 Å². The first-order valence-corrected chi connectivity index (χ1v) is 6.46. The number of nitrogens with one attached hydrogen (secondary N) is 1. The van der Waals surface area contributed by atoms with E-state index in [2.05, 4.69) is 17.4 Å². The van der Waals surface area contributed by atoms with Crippen LogP contribution >= 0.6 is 0 Å². The SMILES string of the molecule is Cc1cc(N)cc(NC(CO)Cc2ccccc2)c1. The van der Waals surface area contributed by atoms with Crippen molar-refractivity contribution >= 4 is 11.4 Å². The van der Waals surface area contributed by atoms with Gasteiger partial charge in [0.2, 0.25) is 0 Å². The Labute approximate surface area is 114 Å². The molecule has 4 N–H and O–H groups in total. The van der Waals surface area contributed by atoms with Gasteiger partial charge in [0.05, 0.1) is 12.6 Å². The Balaban J connectivity index is 2.06. The van der Waals surface area contributed by atoms with Crippen molar-refractivity contribution in [3.05, 3.63) is 59.7 Å². The van der Waals surface area contributed by atoms with Crippen molar-refractivity contribution in [2.24, 2.45) is 0 Å². The van der Waals surface area contributed by atoms with Gasteiger partial charge < -0.3 is 16.2 Å². The van der Waals surface area contributed by atoms with Crippen LogP contribution in [0.3, 0.4) is 0 Å². The maximum atomic E-state index is 9.49. The van der Waals surface area contributed by atoms with Gasteiger partial charge in [0.1, 0.15) is 0 Å². The molecule has 1 unspecified atom stereocenters. The van der Waals surface area contributed by atoms with Gasteiger partial charge in [-0.1, -0.05) is 30.3 Å². The van der Waals surface area contributed by atoms with Gasteiger partial charge in [-0.15, -0.1) is 0 Å². The Morgan fingerprint density at radius 1 is 1.16 bits per heavy atom. The van der Waals surface area contributed by atoms with Gasteiger partial charge in [-0.3, -0.25) is 0 Å². The Bertz CT molecular complexity index is 505. The number of aliphatic hydroxyl groups excluding tert-OH is 1. The minimum atomic E-state index is -0.0106. The highest BCUT2D eigenvalue weighted by molar-refractivity contribution is 5.57.